The molecule has 5 atom stereocenters. The van der Waals surface area contributed by atoms with Crippen molar-refractivity contribution in [2.45, 2.75) is 88.4 Å². The molecule has 1 rings (SSSR count). The molecule has 1 aliphatic carbocycles. The molecule has 0 aromatic carbocycles. The third kappa shape index (κ3) is 5.92. The molecule has 4 heteroatoms. The van der Waals surface area contributed by atoms with Gasteiger partial charge in [-0.15, -0.1) is 6.58 Å². The maximum Gasteiger partial charge on any atom is 0.0852 e. The van der Waals surface area contributed by atoms with Crippen LogP contribution in [0.2, 0.25) is 0 Å². The molecule has 0 spiro atoms. The van der Waals surface area contributed by atoms with Crippen molar-refractivity contribution in [3.8, 4) is 0 Å². The number of allylic oxidation sites excluding steroid dienone is 1. The Hall–Kier alpha value is -0.160. The molecule has 0 aromatic heterocycles. The third-order valence-electron chi connectivity index (χ3n) is 6.12. The number of aliphatic hydroxyl groups is 2. The molecule has 25 heavy (non-hydrogen) atoms. The zero-order chi connectivity index (χ0) is 19.5. The molecular weight excluding hydrogens is 380 g/mol. The Kier molecular flexibility index (Phi) is 7.95. The van der Waals surface area contributed by atoms with E-state index in [-0.39, 0.29) is 11.5 Å². The lowest BCUT2D eigenvalue weighted by atomic mass is 9.61. The molecule has 0 aliphatic heterocycles. The molecule has 3 nitrogen and oxygen atoms in total. The van der Waals surface area contributed by atoms with Gasteiger partial charge in [-0.05, 0) is 70.6 Å². The molecule has 146 valence electrons. The Labute approximate surface area is 162 Å². The predicted molar refractivity (Wildman–Crippen MR) is 109 cm³/mol. The highest BCUT2D eigenvalue weighted by molar-refractivity contribution is 9.09. The third-order valence-corrected chi connectivity index (χ3v) is 7.62. The summed E-state index contributed by atoms with van der Waals surface area (Å²) in [7, 11) is 1.66. The molecule has 1 saturated carbocycles. The minimum atomic E-state index is -0.861. The fourth-order valence-electron chi connectivity index (χ4n) is 4.11. The van der Waals surface area contributed by atoms with E-state index in [1.54, 1.807) is 27.0 Å². The Morgan fingerprint density at radius 3 is 2.48 bits per heavy atom. The van der Waals surface area contributed by atoms with Crippen LogP contribution in [-0.4, -0.2) is 39.5 Å². The van der Waals surface area contributed by atoms with Crippen molar-refractivity contribution in [3.63, 3.8) is 0 Å². The minimum absolute atomic E-state index is 0.0224. The van der Waals surface area contributed by atoms with Crippen molar-refractivity contribution in [1.82, 2.24) is 0 Å². The minimum Gasteiger partial charge on any atom is -0.388 e. The van der Waals surface area contributed by atoms with Gasteiger partial charge in [0, 0.05) is 11.9 Å². The van der Waals surface area contributed by atoms with Crippen molar-refractivity contribution >= 4 is 15.9 Å². The number of ether oxygens (including phenoxy) is 1. The van der Waals surface area contributed by atoms with Crippen LogP contribution < -0.4 is 0 Å². The molecule has 0 bridgehead atoms. The average Bonchev–Trinajstić information content (AvgIpc) is 2.50. The Morgan fingerprint density at radius 1 is 1.40 bits per heavy atom. The normalized spacial score (nSPS) is 31.4. The van der Waals surface area contributed by atoms with Gasteiger partial charge >= 0.3 is 0 Å². The Balaban J connectivity index is 2.94. The number of halogens is 1. The second-order valence-electron chi connectivity index (χ2n) is 8.74. The van der Waals surface area contributed by atoms with Crippen LogP contribution in [0, 0.1) is 11.3 Å². The van der Waals surface area contributed by atoms with Gasteiger partial charge in [0.25, 0.3) is 0 Å². The highest BCUT2D eigenvalue weighted by Gasteiger charge is 2.45. The number of alkyl halides is 1. The van der Waals surface area contributed by atoms with Crippen molar-refractivity contribution in [2.24, 2.45) is 11.3 Å². The molecule has 0 aromatic rings. The van der Waals surface area contributed by atoms with Gasteiger partial charge in [-0.25, -0.2) is 0 Å². The first-order valence-corrected chi connectivity index (χ1v) is 10.2. The summed E-state index contributed by atoms with van der Waals surface area (Å²) in [6, 6.07) is 0. The molecular formula is C21H37BrO3. The summed E-state index contributed by atoms with van der Waals surface area (Å²) in [6.45, 7) is 15.8. The first-order valence-electron chi connectivity index (χ1n) is 9.30. The van der Waals surface area contributed by atoms with Gasteiger partial charge in [0.2, 0.25) is 0 Å². The van der Waals surface area contributed by atoms with Gasteiger partial charge in [0.05, 0.1) is 17.3 Å². The Morgan fingerprint density at radius 2 is 2.00 bits per heavy atom. The SMILES string of the molecule is C=CC(C)(O)CCC1C(=C)CCC(Br)C1(C)CCC(OC)C(C)(C)O. The maximum atomic E-state index is 10.3. The fourth-order valence-corrected chi connectivity index (χ4v) is 4.88. The fraction of sp³-hybridized carbons (Fsp3) is 0.810. The van der Waals surface area contributed by atoms with Crippen LogP contribution in [0.3, 0.4) is 0 Å². The summed E-state index contributed by atoms with van der Waals surface area (Å²) in [5, 5.41) is 20.6. The van der Waals surface area contributed by atoms with Gasteiger partial charge in [-0.3, -0.25) is 0 Å². The molecule has 5 unspecified atom stereocenters. The molecule has 0 amide bonds. The number of hydrogen-bond donors (Lipinski definition) is 2. The van der Waals surface area contributed by atoms with Crippen LogP contribution in [-0.2, 0) is 4.74 Å². The summed E-state index contributed by atoms with van der Waals surface area (Å²) in [5.74, 6) is 0.330. The van der Waals surface area contributed by atoms with Crippen molar-refractivity contribution < 1.29 is 14.9 Å². The second-order valence-corrected chi connectivity index (χ2v) is 9.84. The topological polar surface area (TPSA) is 49.7 Å². The maximum absolute atomic E-state index is 10.3. The Bertz CT molecular complexity index is 466. The van der Waals surface area contributed by atoms with E-state index >= 15 is 0 Å². The van der Waals surface area contributed by atoms with Crippen LogP contribution in [0.15, 0.2) is 24.8 Å². The molecule has 0 saturated heterocycles. The highest BCUT2D eigenvalue weighted by atomic mass is 79.9. The van der Waals surface area contributed by atoms with E-state index in [1.165, 1.54) is 5.57 Å². The number of hydrogen-bond acceptors (Lipinski definition) is 3. The van der Waals surface area contributed by atoms with Gasteiger partial charge < -0.3 is 14.9 Å². The van der Waals surface area contributed by atoms with E-state index in [9.17, 15) is 10.2 Å². The van der Waals surface area contributed by atoms with E-state index in [4.69, 9.17) is 4.74 Å². The molecule has 0 heterocycles. The van der Waals surface area contributed by atoms with Crippen LogP contribution in [0.4, 0.5) is 0 Å². The number of rotatable bonds is 9. The van der Waals surface area contributed by atoms with Crippen molar-refractivity contribution in [2.75, 3.05) is 7.11 Å². The molecule has 1 fully saturated rings. The van der Waals surface area contributed by atoms with E-state index in [0.717, 1.165) is 32.1 Å². The summed E-state index contributed by atoms with van der Waals surface area (Å²) in [4.78, 5) is 0.392. The largest absolute Gasteiger partial charge is 0.388 e. The lowest BCUT2D eigenvalue weighted by Crippen LogP contribution is -2.44. The van der Waals surface area contributed by atoms with Gasteiger partial charge in [-0.1, -0.05) is 41.1 Å². The molecule has 2 N–H and O–H groups in total. The van der Waals surface area contributed by atoms with Crippen LogP contribution in [0.5, 0.6) is 0 Å². The van der Waals surface area contributed by atoms with E-state index in [0.29, 0.717) is 17.2 Å². The zero-order valence-corrected chi connectivity index (χ0v) is 18.2. The predicted octanol–water partition coefficient (Wildman–Crippen LogP) is 5.01. The van der Waals surface area contributed by atoms with Crippen molar-refractivity contribution in [3.05, 3.63) is 24.8 Å². The second kappa shape index (κ2) is 8.69. The lowest BCUT2D eigenvalue weighted by molar-refractivity contribution is -0.0795. The zero-order valence-electron chi connectivity index (χ0n) is 16.6. The monoisotopic (exact) mass is 416 g/mol. The average molecular weight is 417 g/mol. The quantitative estimate of drug-likeness (QED) is 0.410. The van der Waals surface area contributed by atoms with E-state index in [1.807, 2.05) is 6.92 Å². The first-order chi connectivity index (χ1) is 11.4. The van der Waals surface area contributed by atoms with Crippen LogP contribution >= 0.6 is 15.9 Å². The molecule has 1 aliphatic rings. The van der Waals surface area contributed by atoms with Gasteiger partial charge in [0.15, 0.2) is 0 Å². The van der Waals surface area contributed by atoms with Crippen LogP contribution in [0.1, 0.15) is 66.2 Å². The first kappa shape index (κ1) is 22.9. The van der Waals surface area contributed by atoms with E-state index < -0.39 is 11.2 Å². The summed E-state index contributed by atoms with van der Waals surface area (Å²) < 4.78 is 5.54. The van der Waals surface area contributed by atoms with E-state index in [2.05, 4.69) is 36.0 Å². The van der Waals surface area contributed by atoms with Gasteiger partial charge in [0.1, 0.15) is 0 Å². The highest BCUT2D eigenvalue weighted by Crippen LogP contribution is 2.52. The smallest absolute Gasteiger partial charge is 0.0852 e. The summed E-state index contributed by atoms with van der Waals surface area (Å²) in [5.41, 5.74) is -0.409. The molecule has 0 radical (unpaired) electrons. The van der Waals surface area contributed by atoms with Crippen LogP contribution in [0.25, 0.3) is 0 Å². The van der Waals surface area contributed by atoms with Crippen molar-refractivity contribution in [1.29, 1.82) is 0 Å². The summed E-state index contributed by atoms with van der Waals surface area (Å²) in [6.07, 6.45) is 6.81. The summed E-state index contributed by atoms with van der Waals surface area (Å²) >= 11 is 3.91. The lowest BCUT2D eigenvalue weighted by Gasteiger charge is -2.48. The van der Waals surface area contributed by atoms with Gasteiger partial charge in [-0.2, -0.15) is 0 Å². The standard InChI is InChI=1S/C21H37BrO3/c1-8-20(5,24)13-11-16-15(2)9-10-17(22)21(16,6)14-12-18(25-7)19(3,4)23/h8,16-18,23-24H,1-2,9-14H2,3-7H3. The number of methoxy groups -OCH3 is 1.